The summed E-state index contributed by atoms with van der Waals surface area (Å²) in [6.07, 6.45) is 3.42. The van der Waals surface area contributed by atoms with Crippen LogP contribution in [0, 0.1) is 6.92 Å². The molecule has 1 aromatic heterocycles. The van der Waals surface area contributed by atoms with E-state index >= 15 is 0 Å². The van der Waals surface area contributed by atoms with Gasteiger partial charge in [-0.25, -0.2) is 8.42 Å². The number of sulfonamides is 1. The molecule has 0 spiro atoms. The Kier molecular flexibility index (Phi) is 5.64. The second-order valence-electron chi connectivity index (χ2n) is 5.12. The molecule has 2 rings (SSSR count). The van der Waals surface area contributed by atoms with Gasteiger partial charge in [0.15, 0.2) is 0 Å². The topological polar surface area (TPSA) is 49.4 Å². The fraction of sp³-hybridized carbons (Fsp3) is 0.692. The van der Waals surface area contributed by atoms with Crippen molar-refractivity contribution in [1.82, 2.24) is 9.62 Å². The zero-order chi connectivity index (χ0) is 14.8. The van der Waals surface area contributed by atoms with Crippen LogP contribution >= 0.6 is 27.3 Å². The first-order valence-electron chi connectivity index (χ1n) is 6.94. The lowest BCUT2D eigenvalue weighted by Gasteiger charge is -2.29. The molecule has 1 aliphatic rings. The Hall–Kier alpha value is 0.0500. The highest BCUT2D eigenvalue weighted by molar-refractivity contribution is 9.11. The molecule has 1 saturated heterocycles. The van der Waals surface area contributed by atoms with E-state index in [9.17, 15) is 8.42 Å². The summed E-state index contributed by atoms with van der Waals surface area (Å²) in [6.45, 7) is 5.88. The van der Waals surface area contributed by atoms with Crippen LogP contribution in [-0.2, 0) is 10.0 Å². The van der Waals surface area contributed by atoms with Crippen LogP contribution in [0.2, 0.25) is 0 Å². The Labute approximate surface area is 133 Å². The summed E-state index contributed by atoms with van der Waals surface area (Å²) >= 11 is 4.69. The van der Waals surface area contributed by atoms with Gasteiger partial charge in [0, 0.05) is 19.1 Å². The summed E-state index contributed by atoms with van der Waals surface area (Å²) in [4.78, 5) is 0. The highest BCUT2D eigenvalue weighted by Gasteiger charge is 2.28. The van der Waals surface area contributed by atoms with Gasteiger partial charge in [0.1, 0.15) is 4.21 Å². The predicted molar refractivity (Wildman–Crippen MR) is 86.8 cm³/mol. The Balaban J connectivity index is 2.16. The van der Waals surface area contributed by atoms with Crippen molar-refractivity contribution in [3.63, 3.8) is 0 Å². The molecule has 0 aliphatic carbocycles. The van der Waals surface area contributed by atoms with E-state index in [0.717, 1.165) is 22.3 Å². The SMILES string of the molecule is CCN(CC1CCCCN1)S(=O)(=O)c1cc(C)c(Br)s1. The van der Waals surface area contributed by atoms with E-state index in [0.29, 0.717) is 17.3 Å². The minimum absolute atomic E-state index is 0.281. The first kappa shape index (κ1) is 16.4. The van der Waals surface area contributed by atoms with Gasteiger partial charge < -0.3 is 5.32 Å². The molecule has 4 nitrogen and oxygen atoms in total. The molecule has 0 saturated carbocycles. The van der Waals surface area contributed by atoms with Crippen LogP contribution in [0.15, 0.2) is 14.1 Å². The molecule has 114 valence electrons. The molecule has 2 heterocycles. The molecular weight excluding hydrogens is 360 g/mol. The zero-order valence-electron chi connectivity index (χ0n) is 11.9. The van der Waals surface area contributed by atoms with Gasteiger partial charge in [0.2, 0.25) is 0 Å². The number of rotatable bonds is 5. The third kappa shape index (κ3) is 3.62. The quantitative estimate of drug-likeness (QED) is 0.853. The molecule has 1 aromatic rings. The first-order valence-corrected chi connectivity index (χ1v) is 9.99. The van der Waals surface area contributed by atoms with E-state index in [4.69, 9.17) is 0 Å². The average molecular weight is 381 g/mol. The van der Waals surface area contributed by atoms with E-state index in [1.807, 2.05) is 13.8 Å². The fourth-order valence-electron chi connectivity index (χ4n) is 2.41. The van der Waals surface area contributed by atoms with E-state index in [1.54, 1.807) is 10.4 Å². The van der Waals surface area contributed by atoms with E-state index in [1.165, 1.54) is 24.2 Å². The van der Waals surface area contributed by atoms with Crippen LogP contribution < -0.4 is 5.32 Å². The van der Waals surface area contributed by atoms with Crippen molar-refractivity contribution in [3.8, 4) is 0 Å². The van der Waals surface area contributed by atoms with Crippen molar-refractivity contribution in [2.24, 2.45) is 0 Å². The lowest BCUT2D eigenvalue weighted by Crippen LogP contribution is -2.45. The molecule has 0 aromatic carbocycles. The van der Waals surface area contributed by atoms with E-state index < -0.39 is 10.0 Å². The summed E-state index contributed by atoms with van der Waals surface area (Å²) in [7, 11) is -3.37. The van der Waals surface area contributed by atoms with Gasteiger partial charge in [-0.15, -0.1) is 11.3 Å². The summed E-state index contributed by atoms with van der Waals surface area (Å²) in [5.74, 6) is 0. The Morgan fingerprint density at radius 2 is 2.25 bits per heavy atom. The molecule has 1 unspecified atom stereocenters. The lowest BCUT2D eigenvalue weighted by atomic mass is 10.1. The van der Waals surface area contributed by atoms with Gasteiger partial charge in [-0.1, -0.05) is 13.3 Å². The molecule has 1 atom stereocenters. The number of halogens is 1. The standard InChI is InChI=1S/C13H21BrN2O2S2/c1-3-16(9-11-6-4-5-7-15-11)20(17,18)12-8-10(2)13(14)19-12/h8,11,15H,3-7,9H2,1-2H3. The number of thiophene rings is 1. The molecule has 1 aliphatic heterocycles. The number of hydrogen-bond donors (Lipinski definition) is 1. The Bertz CT molecular complexity index is 531. The van der Waals surface area contributed by atoms with E-state index in [-0.39, 0.29) is 6.04 Å². The third-order valence-corrected chi connectivity index (χ3v) is 8.14. The van der Waals surface area contributed by atoms with Crippen molar-refractivity contribution in [3.05, 3.63) is 15.4 Å². The number of aryl methyl sites for hydroxylation is 1. The normalized spacial score (nSPS) is 20.5. The number of likely N-dealkylation sites (N-methyl/N-ethyl adjacent to an activating group) is 1. The van der Waals surface area contributed by atoms with Crippen LogP contribution in [0.25, 0.3) is 0 Å². The minimum Gasteiger partial charge on any atom is -0.313 e. The summed E-state index contributed by atoms with van der Waals surface area (Å²) in [5.41, 5.74) is 0.973. The average Bonchev–Trinajstić information content (AvgIpc) is 2.78. The van der Waals surface area contributed by atoms with Crippen molar-refractivity contribution in [2.45, 2.75) is 43.4 Å². The monoisotopic (exact) mass is 380 g/mol. The molecule has 20 heavy (non-hydrogen) atoms. The van der Waals surface area contributed by atoms with Gasteiger partial charge in [-0.3, -0.25) is 0 Å². The van der Waals surface area contributed by atoms with Gasteiger partial charge in [0.05, 0.1) is 3.79 Å². The zero-order valence-corrected chi connectivity index (χ0v) is 15.1. The number of hydrogen-bond acceptors (Lipinski definition) is 4. The van der Waals surface area contributed by atoms with Gasteiger partial charge >= 0.3 is 0 Å². The van der Waals surface area contributed by atoms with E-state index in [2.05, 4.69) is 21.2 Å². The molecule has 0 radical (unpaired) electrons. The first-order chi connectivity index (χ1) is 9.45. The van der Waals surface area contributed by atoms with Crippen molar-refractivity contribution < 1.29 is 8.42 Å². The molecule has 7 heteroatoms. The molecular formula is C13H21BrN2O2S2. The Morgan fingerprint density at radius 3 is 2.75 bits per heavy atom. The number of piperidine rings is 1. The molecule has 0 bridgehead atoms. The van der Waals surface area contributed by atoms with Crippen molar-refractivity contribution >= 4 is 37.3 Å². The van der Waals surface area contributed by atoms with Crippen molar-refractivity contribution in [1.29, 1.82) is 0 Å². The van der Waals surface area contributed by atoms with Crippen LogP contribution in [0.4, 0.5) is 0 Å². The predicted octanol–water partition coefficient (Wildman–Crippen LogP) is 2.97. The van der Waals surface area contributed by atoms with Gasteiger partial charge in [-0.05, 0) is 53.9 Å². The van der Waals surface area contributed by atoms with Gasteiger partial charge in [0.25, 0.3) is 10.0 Å². The molecule has 0 amide bonds. The lowest BCUT2D eigenvalue weighted by molar-refractivity contribution is 0.320. The minimum atomic E-state index is -3.37. The number of nitrogens with zero attached hydrogens (tertiary/aromatic N) is 1. The second kappa shape index (κ2) is 6.87. The smallest absolute Gasteiger partial charge is 0.252 e. The maximum Gasteiger partial charge on any atom is 0.252 e. The maximum absolute atomic E-state index is 12.7. The summed E-state index contributed by atoms with van der Waals surface area (Å²) in [5, 5.41) is 3.41. The second-order valence-corrected chi connectivity index (χ2v) is 9.66. The highest BCUT2D eigenvalue weighted by atomic mass is 79.9. The molecule has 1 fully saturated rings. The van der Waals surface area contributed by atoms with Crippen molar-refractivity contribution in [2.75, 3.05) is 19.6 Å². The van der Waals surface area contributed by atoms with Crippen LogP contribution in [0.1, 0.15) is 31.7 Å². The fourth-order valence-corrected chi connectivity index (χ4v) is 6.28. The molecule has 1 N–H and O–H groups in total. The third-order valence-electron chi connectivity index (χ3n) is 3.62. The largest absolute Gasteiger partial charge is 0.313 e. The Morgan fingerprint density at radius 1 is 1.50 bits per heavy atom. The highest BCUT2D eigenvalue weighted by Crippen LogP contribution is 2.32. The van der Waals surface area contributed by atoms with Crippen LogP contribution in [0.5, 0.6) is 0 Å². The van der Waals surface area contributed by atoms with Gasteiger partial charge in [-0.2, -0.15) is 4.31 Å². The maximum atomic E-state index is 12.7. The van der Waals surface area contributed by atoms with Crippen LogP contribution in [0.3, 0.4) is 0 Å². The summed E-state index contributed by atoms with van der Waals surface area (Å²) < 4.78 is 28.3. The van der Waals surface area contributed by atoms with Crippen LogP contribution in [-0.4, -0.2) is 38.4 Å². The summed E-state index contributed by atoms with van der Waals surface area (Å²) in [6, 6.07) is 2.03. The number of nitrogens with one attached hydrogen (secondary N) is 1.